The highest BCUT2D eigenvalue weighted by atomic mass is 16.5. The molecule has 2 rings (SSSR count). The minimum atomic E-state index is -0.337. The van der Waals surface area contributed by atoms with Gasteiger partial charge in [0.05, 0.1) is 17.8 Å². The zero-order chi connectivity index (χ0) is 11.7. The van der Waals surface area contributed by atoms with Gasteiger partial charge in [-0.2, -0.15) is 0 Å². The van der Waals surface area contributed by atoms with Gasteiger partial charge in [-0.25, -0.2) is 4.79 Å². The van der Waals surface area contributed by atoms with Gasteiger partial charge in [0.25, 0.3) is 0 Å². The lowest BCUT2D eigenvalue weighted by atomic mass is 10.1. The zero-order valence-electron chi connectivity index (χ0n) is 9.33. The van der Waals surface area contributed by atoms with E-state index in [9.17, 15) is 4.79 Å². The molecule has 0 saturated carbocycles. The molecule has 0 radical (unpaired) electrons. The number of H-pyrrole nitrogens is 1. The fraction of sp³-hybridized carbons (Fsp3) is 0.250. The number of hydrogen-bond donors (Lipinski definition) is 2. The van der Waals surface area contributed by atoms with Crippen molar-refractivity contribution in [1.29, 1.82) is 0 Å². The van der Waals surface area contributed by atoms with Crippen LogP contribution in [0.2, 0.25) is 0 Å². The molecular formula is C12H14N2O2. The Morgan fingerprint density at radius 3 is 2.88 bits per heavy atom. The van der Waals surface area contributed by atoms with Crippen LogP contribution in [0.4, 0.5) is 5.69 Å². The van der Waals surface area contributed by atoms with Crippen LogP contribution in [0.3, 0.4) is 0 Å². The number of para-hydroxylation sites is 1. The molecule has 84 valence electrons. The van der Waals surface area contributed by atoms with Crippen molar-refractivity contribution in [3.05, 3.63) is 29.5 Å². The van der Waals surface area contributed by atoms with E-state index < -0.39 is 0 Å². The molecule has 0 spiro atoms. The summed E-state index contributed by atoms with van der Waals surface area (Å²) >= 11 is 0. The molecule has 0 atom stereocenters. The number of anilines is 1. The number of nitrogens with two attached hydrogens (primary N) is 1. The molecular weight excluding hydrogens is 204 g/mol. The summed E-state index contributed by atoms with van der Waals surface area (Å²) in [5.74, 6) is -0.337. The van der Waals surface area contributed by atoms with Gasteiger partial charge >= 0.3 is 5.97 Å². The number of rotatable bonds is 2. The fourth-order valence-corrected chi connectivity index (χ4v) is 1.78. The maximum absolute atomic E-state index is 11.7. The molecule has 0 amide bonds. The molecule has 1 aromatic carbocycles. The van der Waals surface area contributed by atoms with Crippen LogP contribution in [0.15, 0.2) is 18.2 Å². The minimum absolute atomic E-state index is 0.337. The third-order valence-corrected chi connectivity index (χ3v) is 2.61. The second kappa shape index (κ2) is 3.89. The minimum Gasteiger partial charge on any atom is -0.461 e. The molecule has 1 heterocycles. The van der Waals surface area contributed by atoms with Gasteiger partial charge < -0.3 is 15.5 Å². The number of aromatic nitrogens is 1. The third-order valence-electron chi connectivity index (χ3n) is 2.61. The molecule has 4 nitrogen and oxygen atoms in total. The van der Waals surface area contributed by atoms with Crippen LogP contribution in [0.25, 0.3) is 10.9 Å². The molecule has 0 saturated heterocycles. The molecule has 4 heteroatoms. The van der Waals surface area contributed by atoms with Crippen LogP contribution in [-0.4, -0.2) is 17.6 Å². The number of ether oxygens (including phenoxy) is 1. The Balaban J connectivity index is 2.60. The first-order chi connectivity index (χ1) is 7.65. The highest BCUT2D eigenvalue weighted by molar-refractivity contribution is 6.01. The van der Waals surface area contributed by atoms with Crippen LogP contribution >= 0.6 is 0 Å². The Bertz CT molecular complexity index is 543. The SMILES string of the molecule is CCOC(=O)c1[nH]c2c(N)cccc2c1C. The van der Waals surface area contributed by atoms with E-state index in [1.807, 2.05) is 19.1 Å². The Hall–Kier alpha value is -1.97. The van der Waals surface area contributed by atoms with Gasteiger partial charge in [0.15, 0.2) is 0 Å². The zero-order valence-corrected chi connectivity index (χ0v) is 9.33. The van der Waals surface area contributed by atoms with Gasteiger partial charge in [-0.15, -0.1) is 0 Å². The summed E-state index contributed by atoms with van der Waals surface area (Å²) in [4.78, 5) is 14.7. The fourth-order valence-electron chi connectivity index (χ4n) is 1.78. The van der Waals surface area contributed by atoms with Crippen molar-refractivity contribution in [3.8, 4) is 0 Å². The molecule has 0 aliphatic heterocycles. The average molecular weight is 218 g/mol. The van der Waals surface area contributed by atoms with E-state index in [2.05, 4.69) is 4.98 Å². The van der Waals surface area contributed by atoms with Gasteiger partial charge in [0.1, 0.15) is 5.69 Å². The van der Waals surface area contributed by atoms with E-state index in [0.29, 0.717) is 18.0 Å². The van der Waals surface area contributed by atoms with E-state index in [0.717, 1.165) is 16.5 Å². The van der Waals surface area contributed by atoms with Crippen LogP contribution in [0.5, 0.6) is 0 Å². The first kappa shape index (κ1) is 10.5. The number of esters is 1. The van der Waals surface area contributed by atoms with Crippen molar-refractivity contribution >= 4 is 22.6 Å². The topological polar surface area (TPSA) is 68.1 Å². The quantitative estimate of drug-likeness (QED) is 0.600. The summed E-state index contributed by atoms with van der Waals surface area (Å²) < 4.78 is 4.97. The lowest BCUT2D eigenvalue weighted by Crippen LogP contribution is -2.06. The number of aromatic amines is 1. The highest BCUT2D eigenvalue weighted by Crippen LogP contribution is 2.26. The number of fused-ring (bicyclic) bond motifs is 1. The Morgan fingerprint density at radius 1 is 1.50 bits per heavy atom. The number of aryl methyl sites for hydroxylation is 1. The third kappa shape index (κ3) is 1.52. The molecule has 2 aromatic rings. The Morgan fingerprint density at radius 2 is 2.25 bits per heavy atom. The van der Waals surface area contributed by atoms with Crippen molar-refractivity contribution in [2.45, 2.75) is 13.8 Å². The number of hydrogen-bond acceptors (Lipinski definition) is 3. The van der Waals surface area contributed by atoms with Gasteiger partial charge in [0.2, 0.25) is 0 Å². The second-order valence-electron chi connectivity index (χ2n) is 3.62. The molecule has 0 aliphatic rings. The lowest BCUT2D eigenvalue weighted by molar-refractivity contribution is 0.0520. The maximum Gasteiger partial charge on any atom is 0.355 e. The van der Waals surface area contributed by atoms with E-state index in [1.165, 1.54) is 0 Å². The summed E-state index contributed by atoms with van der Waals surface area (Å²) in [6, 6.07) is 5.60. The van der Waals surface area contributed by atoms with Crippen molar-refractivity contribution < 1.29 is 9.53 Å². The number of nitrogens with one attached hydrogen (secondary N) is 1. The number of carbonyl (C=O) groups is 1. The number of benzene rings is 1. The molecule has 0 fully saturated rings. The summed E-state index contributed by atoms with van der Waals surface area (Å²) in [6.45, 7) is 4.03. The molecule has 0 bridgehead atoms. The summed E-state index contributed by atoms with van der Waals surface area (Å²) in [5.41, 5.74) is 8.62. The Kier molecular flexibility index (Phi) is 2.56. The maximum atomic E-state index is 11.7. The average Bonchev–Trinajstić information content (AvgIpc) is 2.59. The van der Waals surface area contributed by atoms with Crippen LogP contribution < -0.4 is 5.73 Å². The van der Waals surface area contributed by atoms with E-state index in [4.69, 9.17) is 10.5 Å². The molecule has 3 N–H and O–H groups in total. The summed E-state index contributed by atoms with van der Waals surface area (Å²) in [5, 5.41) is 0.961. The number of carbonyl (C=O) groups excluding carboxylic acids is 1. The van der Waals surface area contributed by atoms with Gasteiger partial charge in [-0.3, -0.25) is 0 Å². The van der Waals surface area contributed by atoms with Gasteiger partial charge in [0, 0.05) is 5.39 Å². The monoisotopic (exact) mass is 218 g/mol. The van der Waals surface area contributed by atoms with E-state index >= 15 is 0 Å². The highest BCUT2D eigenvalue weighted by Gasteiger charge is 2.16. The standard InChI is InChI=1S/C12H14N2O2/c1-3-16-12(15)10-7(2)8-5-4-6-9(13)11(8)14-10/h4-6,14H,3,13H2,1-2H3. The molecule has 0 unspecified atom stereocenters. The van der Waals surface area contributed by atoms with Crippen LogP contribution in [0, 0.1) is 6.92 Å². The molecule has 16 heavy (non-hydrogen) atoms. The number of nitrogen functional groups attached to an aromatic ring is 1. The largest absolute Gasteiger partial charge is 0.461 e. The lowest BCUT2D eigenvalue weighted by Gasteiger charge is -1.99. The van der Waals surface area contributed by atoms with Crippen molar-refractivity contribution in [1.82, 2.24) is 4.98 Å². The Labute approximate surface area is 93.4 Å². The normalized spacial score (nSPS) is 10.6. The predicted octanol–water partition coefficient (Wildman–Crippen LogP) is 2.24. The smallest absolute Gasteiger partial charge is 0.355 e. The van der Waals surface area contributed by atoms with Crippen molar-refractivity contribution in [2.75, 3.05) is 12.3 Å². The second-order valence-corrected chi connectivity index (χ2v) is 3.62. The first-order valence-electron chi connectivity index (χ1n) is 5.19. The van der Waals surface area contributed by atoms with Crippen molar-refractivity contribution in [3.63, 3.8) is 0 Å². The van der Waals surface area contributed by atoms with Gasteiger partial charge in [-0.1, -0.05) is 12.1 Å². The molecule has 1 aromatic heterocycles. The van der Waals surface area contributed by atoms with Crippen molar-refractivity contribution in [2.24, 2.45) is 0 Å². The van der Waals surface area contributed by atoms with E-state index in [1.54, 1.807) is 13.0 Å². The van der Waals surface area contributed by atoms with Crippen LogP contribution in [0.1, 0.15) is 23.0 Å². The molecule has 0 aliphatic carbocycles. The van der Waals surface area contributed by atoms with Gasteiger partial charge in [-0.05, 0) is 25.5 Å². The summed E-state index contributed by atoms with van der Waals surface area (Å²) in [7, 11) is 0. The predicted molar refractivity (Wildman–Crippen MR) is 63.4 cm³/mol. The summed E-state index contributed by atoms with van der Waals surface area (Å²) in [6.07, 6.45) is 0. The van der Waals surface area contributed by atoms with Crippen LogP contribution in [-0.2, 0) is 4.74 Å². The first-order valence-corrected chi connectivity index (χ1v) is 5.19. The van der Waals surface area contributed by atoms with E-state index in [-0.39, 0.29) is 5.97 Å².